The van der Waals surface area contributed by atoms with Gasteiger partial charge in [0.1, 0.15) is 9.90 Å². The van der Waals surface area contributed by atoms with Crippen LogP contribution in [0, 0.1) is 0 Å². The first kappa shape index (κ1) is 14.8. The summed E-state index contributed by atoms with van der Waals surface area (Å²) in [6.07, 6.45) is 4.60. The van der Waals surface area contributed by atoms with Gasteiger partial charge in [-0.2, -0.15) is 4.37 Å². The van der Waals surface area contributed by atoms with Crippen molar-refractivity contribution in [1.82, 2.24) is 14.3 Å². The molecule has 2 aromatic heterocycles. The van der Waals surface area contributed by atoms with E-state index in [2.05, 4.69) is 19.7 Å². The lowest BCUT2D eigenvalue weighted by atomic mass is 10.3. The Morgan fingerprint density at radius 1 is 1.50 bits per heavy atom. The van der Waals surface area contributed by atoms with Gasteiger partial charge < -0.3 is 16.0 Å². The van der Waals surface area contributed by atoms with Crippen LogP contribution in [-0.2, 0) is 16.3 Å². The number of aromatic amines is 1. The van der Waals surface area contributed by atoms with E-state index in [9.17, 15) is 8.42 Å². The summed E-state index contributed by atoms with van der Waals surface area (Å²) in [6.45, 7) is 2.40. The van der Waals surface area contributed by atoms with Crippen LogP contribution in [0.2, 0.25) is 0 Å². The van der Waals surface area contributed by atoms with Crippen LogP contribution in [-0.4, -0.2) is 35.1 Å². The summed E-state index contributed by atoms with van der Waals surface area (Å²) >= 11 is 1.07. The Bertz CT molecular complexity index is 648. The normalized spacial score (nSPS) is 11.7. The van der Waals surface area contributed by atoms with Crippen LogP contribution in [0.4, 0.5) is 10.8 Å². The number of aromatic nitrogens is 3. The molecule has 9 heteroatoms. The molecule has 0 bridgehead atoms. The topological polar surface area (TPSA) is 114 Å². The molecule has 7 nitrogen and oxygen atoms in total. The fourth-order valence-electron chi connectivity index (χ4n) is 1.81. The van der Waals surface area contributed by atoms with Gasteiger partial charge in [-0.3, -0.25) is 0 Å². The highest BCUT2D eigenvalue weighted by Gasteiger charge is 2.24. The van der Waals surface area contributed by atoms with Crippen molar-refractivity contribution in [3.8, 4) is 0 Å². The summed E-state index contributed by atoms with van der Waals surface area (Å²) in [7, 11) is -3.37. The van der Waals surface area contributed by atoms with E-state index in [0.717, 1.165) is 17.2 Å². The number of hydrogen-bond donors (Lipinski definition) is 3. The molecule has 20 heavy (non-hydrogen) atoms. The van der Waals surface area contributed by atoms with E-state index < -0.39 is 9.84 Å². The Labute approximate surface area is 121 Å². The number of sulfone groups is 1. The molecule has 0 saturated heterocycles. The SMILES string of the molecule is CCCS(=O)(=O)c1c(N)nsc1NCCc1cnc[nH]1. The van der Waals surface area contributed by atoms with E-state index in [1.165, 1.54) is 0 Å². The second kappa shape index (κ2) is 6.23. The lowest BCUT2D eigenvalue weighted by molar-refractivity contribution is 0.595. The molecule has 0 aromatic carbocycles. The van der Waals surface area contributed by atoms with Crippen molar-refractivity contribution in [2.75, 3.05) is 23.3 Å². The van der Waals surface area contributed by atoms with Crippen molar-refractivity contribution in [3.05, 3.63) is 18.2 Å². The Morgan fingerprint density at radius 3 is 2.95 bits per heavy atom. The molecule has 0 fully saturated rings. The molecule has 110 valence electrons. The number of nitrogen functional groups attached to an aromatic ring is 1. The smallest absolute Gasteiger partial charge is 0.185 e. The molecular formula is C11H17N5O2S2. The summed E-state index contributed by atoms with van der Waals surface area (Å²) in [6, 6.07) is 0. The van der Waals surface area contributed by atoms with Crippen molar-refractivity contribution in [3.63, 3.8) is 0 Å². The molecule has 0 atom stereocenters. The van der Waals surface area contributed by atoms with Gasteiger partial charge in [-0.05, 0) is 18.0 Å². The Balaban J connectivity index is 2.09. The maximum atomic E-state index is 12.2. The molecule has 0 saturated carbocycles. The lowest BCUT2D eigenvalue weighted by Crippen LogP contribution is -2.12. The fourth-order valence-corrected chi connectivity index (χ4v) is 4.46. The van der Waals surface area contributed by atoms with E-state index in [1.54, 1.807) is 12.5 Å². The molecule has 4 N–H and O–H groups in total. The summed E-state index contributed by atoms with van der Waals surface area (Å²) in [5.41, 5.74) is 6.67. The van der Waals surface area contributed by atoms with Crippen molar-refractivity contribution in [2.24, 2.45) is 0 Å². The first-order chi connectivity index (χ1) is 9.54. The number of nitrogens with two attached hydrogens (primary N) is 1. The second-order valence-electron chi connectivity index (χ2n) is 4.30. The minimum atomic E-state index is -3.37. The fraction of sp³-hybridized carbons (Fsp3) is 0.455. The molecule has 0 spiro atoms. The predicted molar refractivity (Wildman–Crippen MR) is 79.7 cm³/mol. The number of nitrogens with zero attached hydrogens (tertiary/aromatic N) is 2. The van der Waals surface area contributed by atoms with E-state index in [-0.39, 0.29) is 16.5 Å². The number of hydrogen-bond acceptors (Lipinski definition) is 7. The zero-order valence-electron chi connectivity index (χ0n) is 11.1. The molecule has 0 radical (unpaired) electrons. The highest BCUT2D eigenvalue weighted by molar-refractivity contribution is 7.91. The van der Waals surface area contributed by atoms with Gasteiger partial charge in [0, 0.05) is 24.9 Å². The third-order valence-electron chi connectivity index (χ3n) is 2.69. The molecule has 2 aromatic rings. The molecule has 0 aliphatic carbocycles. The van der Waals surface area contributed by atoms with Gasteiger partial charge in [-0.25, -0.2) is 13.4 Å². The van der Waals surface area contributed by atoms with Crippen LogP contribution >= 0.6 is 11.5 Å². The van der Waals surface area contributed by atoms with E-state index >= 15 is 0 Å². The number of nitrogens with one attached hydrogen (secondary N) is 2. The summed E-state index contributed by atoms with van der Waals surface area (Å²) < 4.78 is 28.3. The van der Waals surface area contributed by atoms with Gasteiger partial charge in [0.15, 0.2) is 15.7 Å². The van der Waals surface area contributed by atoms with Crippen molar-refractivity contribution < 1.29 is 8.42 Å². The van der Waals surface area contributed by atoms with E-state index in [1.807, 2.05) is 6.92 Å². The largest absolute Gasteiger partial charge is 0.382 e. The van der Waals surface area contributed by atoms with Gasteiger partial charge >= 0.3 is 0 Å². The van der Waals surface area contributed by atoms with Crippen molar-refractivity contribution in [2.45, 2.75) is 24.7 Å². The molecule has 0 aliphatic rings. The third-order valence-corrected chi connectivity index (χ3v) is 5.62. The van der Waals surface area contributed by atoms with Gasteiger partial charge in [0.05, 0.1) is 12.1 Å². The standard InChI is InChI=1S/C11H17N5O2S2/c1-2-5-20(17,18)9-10(12)16-19-11(9)14-4-3-8-6-13-7-15-8/h6-7,14H,2-5H2,1H3,(H2,12,16)(H,13,15). The van der Waals surface area contributed by atoms with Gasteiger partial charge in [0.25, 0.3) is 0 Å². The molecule has 2 rings (SSSR count). The van der Waals surface area contributed by atoms with Crippen LogP contribution in [0.15, 0.2) is 17.4 Å². The van der Waals surface area contributed by atoms with Crippen molar-refractivity contribution in [1.29, 1.82) is 0 Å². The average Bonchev–Trinajstić information content (AvgIpc) is 2.99. The molecule has 0 amide bonds. The first-order valence-electron chi connectivity index (χ1n) is 6.23. The Hall–Kier alpha value is -1.61. The Morgan fingerprint density at radius 2 is 2.30 bits per heavy atom. The number of rotatable bonds is 7. The molecule has 0 aliphatic heterocycles. The molecular weight excluding hydrogens is 298 g/mol. The first-order valence-corrected chi connectivity index (χ1v) is 8.66. The minimum Gasteiger partial charge on any atom is -0.382 e. The zero-order chi connectivity index (χ0) is 14.6. The van der Waals surface area contributed by atoms with Gasteiger partial charge in [0.2, 0.25) is 0 Å². The van der Waals surface area contributed by atoms with Crippen molar-refractivity contribution >= 4 is 32.2 Å². The monoisotopic (exact) mass is 315 g/mol. The van der Waals surface area contributed by atoms with Crippen LogP contribution in [0.3, 0.4) is 0 Å². The maximum absolute atomic E-state index is 12.2. The zero-order valence-corrected chi connectivity index (χ0v) is 12.7. The van der Waals surface area contributed by atoms with E-state index in [0.29, 0.717) is 24.4 Å². The van der Waals surface area contributed by atoms with Crippen LogP contribution in [0.25, 0.3) is 0 Å². The van der Waals surface area contributed by atoms with E-state index in [4.69, 9.17) is 5.73 Å². The van der Waals surface area contributed by atoms with Crippen LogP contribution < -0.4 is 11.1 Å². The second-order valence-corrected chi connectivity index (χ2v) is 7.12. The number of H-pyrrole nitrogens is 1. The summed E-state index contributed by atoms with van der Waals surface area (Å²) in [5, 5.41) is 3.60. The van der Waals surface area contributed by atoms with Crippen LogP contribution in [0.5, 0.6) is 0 Å². The minimum absolute atomic E-state index is 0.0742. The Kier molecular flexibility index (Phi) is 4.61. The lowest BCUT2D eigenvalue weighted by Gasteiger charge is -2.07. The highest BCUT2D eigenvalue weighted by atomic mass is 32.2. The molecule has 0 unspecified atom stereocenters. The number of imidazole rings is 1. The predicted octanol–water partition coefficient (Wildman–Crippen LogP) is 1.29. The quantitative estimate of drug-likeness (QED) is 0.709. The summed E-state index contributed by atoms with van der Waals surface area (Å²) in [4.78, 5) is 7.04. The maximum Gasteiger partial charge on any atom is 0.185 e. The highest BCUT2D eigenvalue weighted by Crippen LogP contribution is 2.32. The van der Waals surface area contributed by atoms with Gasteiger partial charge in [-0.1, -0.05) is 6.92 Å². The number of anilines is 2. The summed E-state index contributed by atoms with van der Waals surface area (Å²) in [5.74, 6) is 0.151. The van der Waals surface area contributed by atoms with Crippen LogP contribution in [0.1, 0.15) is 19.0 Å². The molecule has 2 heterocycles. The van der Waals surface area contributed by atoms with Gasteiger partial charge in [-0.15, -0.1) is 0 Å². The average molecular weight is 315 g/mol. The third kappa shape index (κ3) is 3.28.